The monoisotopic (exact) mass is 387 g/mol. The van der Waals surface area contributed by atoms with Crippen molar-refractivity contribution < 1.29 is 4.74 Å². The fourth-order valence-electron chi connectivity index (χ4n) is 3.42. The van der Waals surface area contributed by atoms with E-state index in [1.54, 1.807) is 13.3 Å². The second-order valence-electron chi connectivity index (χ2n) is 6.79. The summed E-state index contributed by atoms with van der Waals surface area (Å²) in [7, 11) is 1.70. The van der Waals surface area contributed by atoms with Crippen LogP contribution < -0.4 is 15.4 Å². The molecule has 0 unspecified atom stereocenters. The van der Waals surface area contributed by atoms with Crippen molar-refractivity contribution in [2.24, 2.45) is 0 Å². The highest BCUT2D eigenvalue weighted by Gasteiger charge is 2.05. The van der Waals surface area contributed by atoms with E-state index >= 15 is 0 Å². The van der Waals surface area contributed by atoms with Gasteiger partial charge in [0.2, 0.25) is 5.95 Å². The molecule has 0 saturated heterocycles. The Labute approximate surface area is 170 Å². The third-order valence-electron chi connectivity index (χ3n) is 4.90. The van der Waals surface area contributed by atoms with Gasteiger partial charge < -0.3 is 20.4 Å². The third kappa shape index (κ3) is 4.66. The number of nitrogens with one attached hydrogen (secondary N) is 3. The number of anilines is 2. The quantitative estimate of drug-likeness (QED) is 0.400. The molecule has 3 N–H and O–H groups in total. The van der Waals surface area contributed by atoms with E-state index in [9.17, 15) is 0 Å². The van der Waals surface area contributed by atoms with Gasteiger partial charge in [-0.05, 0) is 42.2 Å². The lowest BCUT2D eigenvalue weighted by atomic mass is 10.1. The molecule has 6 heteroatoms. The van der Waals surface area contributed by atoms with Gasteiger partial charge in [-0.25, -0.2) is 4.98 Å². The third-order valence-corrected chi connectivity index (χ3v) is 4.90. The molecule has 0 radical (unpaired) electrons. The number of ether oxygens (including phenoxy) is 1. The van der Waals surface area contributed by atoms with Crippen LogP contribution in [0.15, 0.2) is 67.0 Å². The van der Waals surface area contributed by atoms with E-state index in [2.05, 4.69) is 56.0 Å². The number of aromatic nitrogens is 3. The van der Waals surface area contributed by atoms with Crippen molar-refractivity contribution in [3.05, 3.63) is 78.1 Å². The maximum Gasteiger partial charge on any atom is 0.224 e. The number of H-pyrrole nitrogens is 1. The number of hydrogen-bond acceptors (Lipinski definition) is 5. The Bertz CT molecular complexity index is 1080. The van der Waals surface area contributed by atoms with Crippen molar-refractivity contribution in [3.63, 3.8) is 0 Å². The van der Waals surface area contributed by atoms with E-state index in [4.69, 9.17) is 4.74 Å². The summed E-state index contributed by atoms with van der Waals surface area (Å²) in [4.78, 5) is 12.2. The molecule has 29 heavy (non-hydrogen) atoms. The summed E-state index contributed by atoms with van der Waals surface area (Å²) in [6, 6.07) is 18.3. The summed E-state index contributed by atoms with van der Waals surface area (Å²) in [5, 5.41) is 7.95. The van der Waals surface area contributed by atoms with Gasteiger partial charge in [-0.2, -0.15) is 4.98 Å². The Morgan fingerprint density at radius 2 is 1.69 bits per heavy atom. The number of rotatable bonds is 9. The number of para-hydroxylation sites is 2. The average molecular weight is 387 g/mol. The summed E-state index contributed by atoms with van der Waals surface area (Å²) >= 11 is 0. The molecular formula is C23H25N5O. The van der Waals surface area contributed by atoms with Crippen LogP contribution in [0.25, 0.3) is 10.9 Å². The number of methoxy groups -OCH3 is 1. The van der Waals surface area contributed by atoms with Crippen molar-refractivity contribution >= 4 is 22.7 Å². The molecule has 0 aliphatic rings. The highest BCUT2D eigenvalue weighted by molar-refractivity contribution is 5.83. The van der Waals surface area contributed by atoms with Crippen LogP contribution in [0.3, 0.4) is 0 Å². The molecule has 0 aliphatic heterocycles. The molecule has 148 valence electrons. The first-order chi connectivity index (χ1) is 14.3. The van der Waals surface area contributed by atoms with Crippen LogP contribution in [0, 0.1) is 0 Å². The van der Waals surface area contributed by atoms with E-state index in [1.165, 1.54) is 22.0 Å². The fourth-order valence-corrected chi connectivity index (χ4v) is 3.42. The standard InChI is InChI=1S/C23H25N5O/c1-29-21-9-5-2-6-17(21)10-13-24-22-12-15-26-23(28-22)25-14-11-18-16-27-20-8-4-3-7-19(18)20/h2-9,12,15-16,27H,10-11,13-14H2,1H3,(H2,24,25,26,28). The zero-order valence-corrected chi connectivity index (χ0v) is 16.5. The number of hydrogen-bond donors (Lipinski definition) is 3. The molecule has 0 amide bonds. The number of fused-ring (bicyclic) bond motifs is 1. The summed E-state index contributed by atoms with van der Waals surface area (Å²) in [5.74, 6) is 2.35. The molecule has 2 aromatic carbocycles. The van der Waals surface area contributed by atoms with Gasteiger partial charge in [-0.1, -0.05) is 36.4 Å². The average Bonchev–Trinajstić information content (AvgIpc) is 3.18. The molecule has 0 saturated carbocycles. The molecule has 0 aliphatic carbocycles. The van der Waals surface area contributed by atoms with Crippen LogP contribution in [0.5, 0.6) is 5.75 Å². The van der Waals surface area contributed by atoms with Gasteiger partial charge in [0.25, 0.3) is 0 Å². The minimum absolute atomic E-state index is 0.632. The summed E-state index contributed by atoms with van der Waals surface area (Å²) in [6.45, 7) is 1.54. The van der Waals surface area contributed by atoms with Gasteiger partial charge >= 0.3 is 0 Å². The van der Waals surface area contributed by atoms with Gasteiger partial charge in [0, 0.05) is 36.4 Å². The highest BCUT2D eigenvalue weighted by Crippen LogP contribution is 2.19. The molecule has 0 bridgehead atoms. The predicted molar refractivity (Wildman–Crippen MR) is 118 cm³/mol. The van der Waals surface area contributed by atoms with Crippen molar-refractivity contribution in [2.45, 2.75) is 12.8 Å². The van der Waals surface area contributed by atoms with Crippen LogP contribution in [0.1, 0.15) is 11.1 Å². The molecule has 4 aromatic rings. The Kier molecular flexibility index (Phi) is 5.90. The van der Waals surface area contributed by atoms with Crippen molar-refractivity contribution in [2.75, 3.05) is 30.8 Å². The second-order valence-corrected chi connectivity index (χ2v) is 6.79. The highest BCUT2D eigenvalue weighted by atomic mass is 16.5. The first kappa shape index (κ1) is 18.8. The minimum Gasteiger partial charge on any atom is -0.496 e. The van der Waals surface area contributed by atoms with Gasteiger partial charge in [-0.15, -0.1) is 0 Å². The van der Waals surface area contributed by atoms with Crippen LogP contribution >= 0.6 is 0 Å². The van der Waals surface area contributed by atoms with Crippen LogP contribution in [0.4, 0.5) is 11.8 Å². The largest absolute Gasteiger partial charge is 0.496 e. The molecular weight excluding hydrogens is 362 g/mol. The lowest BCUT2D eigenvalue weighted by Crippen LogP contribution is -2.11. The maximum absolute atomic E-state index is 5.40. The zero-order valence-electron chi connectivity index (χ0n) is 16.5. The lowest BCUT2D eigenvalue weighted by molar-refractivity contribution is 0.410. The molecule has 2 aromatic heterocycles. The van der Waals surface area contributed by atoms with E-state index in [0.717, 1.165) is 37.5 Å². The smallest absolute Gasteiger partial charge is 0.224 e. The van der Waals surface area contributed by atoms with Crippen molar-refractivity contribution in [3.8, 4) is 5.75 Å². The number of aromatic amines is 1. The SMILES string of the molecule is COc1ccccc1CCNc1ccnc(NCCc2c[nH]c3ccccc23)n1. The molecule has 0 atom stereocenters. The van der Waals surface area contributed by atoms with Crippen molar-refractivity contribution in [1.29, 1.82) is 0 Å². The molecule has 2 heterocycles. The maximum atomic E-state index is 5.40. The topological polar surface area (TPSA) is 74.9 Å². The summed E-state index contributed by atoms with van der Waals surface area (Å²) in [5.41, 5.74) is 3.63. The Hall–Kier alpha value is -3.54. The van der Waals surface area contributed by atoms with E-state index in [1.807, 2.05) is 30.3 Å². The Morgan fingerprint density at radius 3 is 2.62 bits per heavy atom. The van der Waals surface area contributed by atoms with Crippen molar-refractivity contribution in [1.82, 2.24) is 15.0 Å². The fraction of sp³-hybridized carbons (Fsp3) is 0.217. The first-order valence-electron chi connectivity index (χ1n) is 9.81. The van der Waals surface area contributed by atoms with E-state index < -0.39 is 0 Å². The second kappa shape index (κ2) is 9.10. The van der Waals surface area contributed by atoms with Crippen LogP contribution in [-0.2, 0) is 12.8 Å². The lowest BCUT2D eigenvalue weighted by Gasteiger charge is -2.10. The zero-order chi connectivity index (χ0) is 19.9. The van der Waals surface area contributed by atoms with Gasteiger partial charge in [0.05, 0.1) is 7.11 Å². The number of benzene rings is 2. The number of nitrogens with zero attached hydrogens (tertiary/aromatic N) is 2. The van der Waals surface area contributed by atoms with Gasteiger partial charge in [0.15, 0.2) is 0 Å². The van der Waals surface area contributed by atoms with E-state index in [0.29, 0.717) is 5.95 Å². The first-order valence-corrected chi connectivity index (χ1v) is 9.81. The minimum atomic E-state index is 0.632. The Balaban J connectivity index is 1.29. The van der Waals surface area contributed by atoms with Crippen LogP contribution in [0.2, 0.25) is 0 Å². The molecule has 6 nitrogen and oxygen atoms in total. The molecule has 0 spiro atoms. The predicted octanol–water partition coefficient (Wildman–Crippen LogP) is 4.28. The normalized spacial score (nSPS) is 10.8. The Morgan fingerprint density at radius 1 is 0.897 bits per heavy atom. The molecule has 0 fully saturated rings. The molecule has 4 rings (SSSR count). The van der Waals surface area contributed by atoms with Gasteiger partial charge in [0.1, 0.15) is 11.6 Å². The summed E-state index contributed by atoms with van der Waals surface area (Å²) in [6.07, 6.45) is 5.60. The summed E-state index contributed by atoms with van der Waals surface area (Å²) < 4.78 is 5.40. The van der Waals surface area contributed by atoms with E-state index in [-0.39, 0.29) is 0 Å². The van der Waals surface area contributed by atoms with Crippen LogP contribution in [-0.4, -0.2) is 35.2 Å². The van der Waals surface area contributed by atoms with Gasteiger partial charge in [-0.3, -0.25) is 0 Å².